The van der Waals surface area contributed by atoms with E-state index in [-0.39, 0.29) is 0 Å². The molecule has 0 aromatic carbocycles. The molecule has 13 heavy (non-hydrogen) atoms. The van der Waals surface area contributed by atoms with Gasteiger partial charge < -0.3 is 0 Å². The molecule has 74 valence electrons. The number of halogens is 4. The molecule has 0 amide bonds. The van der Waals surface area contributed by atoms with E-state index in [4.69, 9.17) is 0 Å². The highest BCUT2D eigenvalue weighted by atomic mass is 79.9. The monoisotopic (exact) mass is 256 g/mol. The van der Waals surface area contributed by atoms with Crippen LogP contribution in [0.1, 0.15) is 6.92 Å². The van der Waals surface area contributed by atoms with Gasteiger partial charge in [-0.25, -0.2) is 13.2 Å². The van der Waals surface area contributed by atoms with E-state index in [1.165, 1.54) is 12.4 Å². The second kappa shape index (κ2) is 3.69. The summed E-state index contributed by atoms with van der Waals surface area (Å²) in [6.07, 6.45) is -0.119. The molecule has 0 N–H and O–H groups in total. The van der Waals surface area contributed by atoms with Crippen LogP contribution in [-0.2, 0) is 5.54 Å². The Morgan fingerprint density at radius 3 is 2.62 bits per heavy atom. The Hall–Kier alpha value is -0.520. The molecule has 1 unspecified atom stereocenters. The maximum atomic E-state index is 12.5. The highest BCUT2D eigenvalue weighted by Gasteiger charge is 2.38. The minimum Gasteiger partial charge on any atom is -0.257 e. The van der Waals surface area contributed by atoms with Crippen molar-refractivity contribution in [3.8, 4) is 0 Å². The molecule has 0 aliphatic heterocycles. The van der Waals surface area contributed by atoms with Crippen molar-refractivity contribution < 1.29 is 13.2 Å². The molecule has 1 rings (SSSR count). The fourth-order valence-electron chi connectivity index (χ4n) is 0.800. The number of aromatic nitrogens is 2. The molecule has 0 saturated carbocycles. The van der Waals surface area contributed by atoms with Crippen LogP contribution >= 0.6 is 15.9 Å². The van der Waals surface area contributed by atoms with Gasteiger partial charge in [0.2, 0.25) is 0 Å². The highest BCUT2D eigenvalue weighted by molar-refractivity contribution is 9.10. The summed E-state index contributed by atoms with van der Waals surface area (Å²) in [6, 6.07) is 0. The summed E-state index contributed by atoms with van der Waals surface area (Å²) in [5.41, 5.74) is -1.87. The van der Waals surface area contributed by atoms with Crippen molar-refractivity contribution in [2.45, 2.75) is 18.9 Å². The van der Waals surface area contributed by atoms with Gasteiger partial charge in [-0.05, 0) is 22.9 Å². The number of alkyl halides is 3. The van der Waals surface area contributed by atoms with Crippen LogP contribution < -0.4 is 0 Å². The lowest BCUT2D eigenvalue weighted by molar-refractivity contribution is -0.00746. The Morgan fingerprint density at radius 1 is 1.69 bits per heavy atom. The summed E-state index contributed by atoms with van der Waals surface area (Å²) in [5.74, 6) is 0. The molecule has 1 aromatic rings. The van der Waals surface area contributed by atoms with Crippen molar-refractivity contribution >= 4 is 15.9 Å². The van der Waals surface area contributed by atoms with E-state index < -0.39 is 18.6 Å². The lowest BCUT2D eigenvalue weighted by atomic mass is 10.1. The topological polar surface area (TPSA) is 17.8 Å². The zero-order valence-electron chi connectivity index (χ0n) is 6.85. The molecule has 0 aliphatic rings. The molecule has 1 heterocycles. The van der Waals surface area contributed by atoms with E-state index in [2.05, 4.69) is 21.0 Å². The van der Waals surface area contributed by atoms with Gasteiger partial charge in [-0.15, -0.1) is 0 Å². The second-order valence-corrected chi connectivity index (χ2v) is 3.81. The van der Waals surface area contributed by atoms with Gasteiger partial charge in [-0.2, -0.15) is 5.10 Å². The average molecular weight is 257 g/mol. The summed E-state index contributed by atoms with van der Waals surface area (Å²) >= 11 is 3.05. The lowest BCUT2D eigenvalue weighted by Gasteiger charge is -2.25. The van der Waals surface area contributed by atoms with Crippen LogP contribution in [0.3, 0.4) is 0 Å². The molecule has 0 bridgehead atoms. The third kappa shape index (κ3) is 1.87. The van der Waals surface area contributed by atoms with Gasteiger partial charge in [-0.3, -0.25) is 4.68 Å². The molecule has 0 radical (unpaired) electrons. The molecule has 6 heteroatoms. The molecule has 0 fully saturated rings. The lowest BCUT2D eigenvalue weighted by Crippen LogP contribution is -2.40. The first-order valence-corrected chi connectivity index (χ1v) is 4.35. The minimum atomic E-state index is -2.79. The first-order valence-electron chi connectivity index (χ1n) is 3.55. The Balaban J connectivity index is 3.02. The van der Waals surface area contributed by atoms with E-state index in [1.54, 1.807) is 0 Å². The van der Waals surface area contributed by atoms with Crippen LogP contribution in [0, 0.1) is 0 Å². The summed E-state index contributed by atoms with van der Waals surface area (Å²) in [4.78, 5) is 0. The van der Waals surface area contributed by atoms with E-state index in [1.807, 2.05) is 0 Å². The molecule has 2 nitrogen and oxygen atoms in total. The predicted octanol–water partition coefficient (Wildman–Crippen LogP) is 2.60. The average Bonchev–Trinajstić information content (AvgIpc) is 2.50. The Kier molecular flexibility index (Phi) is 3.00. The summed E-state index contributed by atoms with van der Waals surface area (Å²) in [7, 11) is 0. The van der Waals surface area contributed by atoms with Gasteiger partial charge in [0.15, 0.2) is 0 Å². The largest absolute Gasteiger partial charge is 0.265 e. The van der Waals surface area contributed by atoms with Crippen LogP contribution in [0.15, 0.2) is 16.9 Å². The van der Waals surface area contributed by atoms with Crippen molar-refractivity contribution in [3.05, 3.63) is 16.9 Å². The van der Waals surface area contributed by atoms with Gasteiger partial charge in [0.05, 0.1) is 10.7 Å². The van der Waals surface area contributed by atoms with Gasteiger partial charge in [0.25, 0.3) is 6.43 Å². The Bertz CT molecular complexity index is 289. The van der Waals surface area contributed by atoms with Gasteiger partial charge in [-0.1, -0.05) is 0 Å². The summed E-state index contributed by atoms with van der Waals surface area (Å²) in [6.45, 7) is -0.0319. The number of nitrogens with zero attached hydrogens (tertiary/aromatic N) is 2. The van der Waals surface area contributed by atoms with Crippen LogP contribution in [0.2, 0.25) is 0 Å². The van der Waals surface area contributed by atoms with E-state index in [0.29, 0.717) is 4.47 Å². The normalized spacial score (nSPS) is 16.2. The van der Waals surface area contributed by atoms with Crippen molar-refractivity contribution in [2.24, 2.45) is 0 Å². The molecule has 0 saturated heterocycles. The number of rotatable bonds is 3. The fraction of sp³-hybridized carbons (Fsp3) is 0.571. The highest BCUT2D eigenvalue weighted by Crippen LogP contribution is 2.25. The molecule has 1 aromatic heterocycles. The zero-order valence-corrected chi connectivity index (χ0v) is 8.43. The van der Waals surface area contributed by atoms with Crippen LogP contribution in [0.25, 0.3) is 0 Å². The fourth-order valence-corrected chi connectivity index (χ4v) is 1.09. The smallest absolute Gasteiger partial charge is 0.257 e. The van der Waals surface area contributed by atoms with Gasteiger partial charge >= 0.3 is 0 Å². The first-order chi connectivity index (χ1) is 6.00. The van der Waals surface area contributed by atoms with E-state index >= 15 is 0 Å². The van der Waals surface area contributed by atoms with E-state index in [9.17, 15) is 13.2 Å². The Morgan fingerprint density at radius 2 is 2.31 bits per heavy atom. The van der Waals surface area contributed by atoms with Gasteiger partial charge in [0, 0.05) is 6.20 Å². The zero-order chi connectivity index (χ0) is 10.1. The van der Waals surface area contributed by atoms with Crippen LogP contribution in [0.4, 0.5) is 13.2 Å². The minimum absolute atomic E-state index is 0.549. The first kappa shape index (κ1) is 10.6. The Labute approximate surface area is 81.9 Å². The van der Waals surface area contributed by atoms with Crippen LogP contribution in [0.5, 0.6) is 0 Å². The summed E-state index contributed by atoms with van der Waals surface area (Å²) in [5, 5.41) is 3.63. The van der Waals surface area contributed by atoms with Gasteiger partial charge in [0.1, 0.15) is 12.2 Å². The molecule has 1 atom stereocenters. The summed E-state index contributed by atoms with van der Waals surface area (Å²) < 4.78 is 38.8. The maximum absolute atomic E-state index is 12.5. The van der Waals surface area contributed by atoms with Crippen LogP contribution in [-0.4, -0.2) is 22.9 Å². The molecule has 0 aliphatic carbocycles. The SMILES string of the molecule is CC(CF)(C(F)F)n1cc(Br)cn1. The standard InChI is InChI=1S/C7H8BrF3N2/c1-7(4-9,6(10)11)13-3-5(8)2-12-13/h2-3,6H,4H2,1H3. The second-order valence-electron chi connectivity index (χ2n) is 2.89. The van der Waals surface area contributed by atoms with E-state index in [0.717, 1.165) is 11.6 Å². The maximum Gasteiger partial charge on any atom is 0.265 e. The molecular formula is C7H8BrF3N2. The molecular weight excluding hydrogens is 249 g/mol. The van der Waals surface area contributed by atoms with Crippen molar-refractivity contribution in [1.82, 2.24) is 9.78 Å². The van der Waals surface area contributed by atoms with Crippen molar-refractivity contribution in [2.75, 3.05) is 6.67 Å². The number of hydrogen-bond acceptors (Lipinski definition) is 1. The number of hydrogen-bond donors (Lipinski definition) is 0. The quantitative estimate of drug-likeness (QED) is 0.813. The third-order valence-corrected chi connectivity index (χ3v) is 2.22. The van der Waals surface area contributed by atoms with Crippen molar-refractivity contribution in [1.29, 1.82) is 0 Å². The predicted molar refractivity (Wildman–Crippen MR) is 45.6 cm³/mol. The molecule has 0 spiro atoms. The van der Waals surface area contributed by atoms with Crippen molar-refractivity contribution in [3.63, 3.8) is 0 Å². The third-order valence-electron chi connectivity index (χ3n) is 1.82.